The van der Waals surface area contributed by atoms with Crippen molar-refractivity contribution in [1.82, 2.24) is 5.32 Å². The van der Waals surface area contributed by atoms with Gasteiger partial charge in [0, 0.05) is 6.54 Å². The van der Waals surface area contributed by atoms with Crippen LogP contribution in [0.4, 0.5) is 4.79 Å². The lowest BCUT2D eigenvalue weighted by atomic mass is 10.2. The van der Waals surface area contributed by atoms with Crippen LogP contribution < -0.4 is 5.32 Å². The van der Waals surface area contributed by atoms with Gasteiger partial charge in [0.05, 0.1) is 0 Å². The molecule has 0 spiro atoms. The van der Waals surface area contributed by atoms with Crippen LogP contribution in [0.5, 0.6) is 0 Å². The first kappa shape index (κ1) is 13.2. The molecule has 1 aromatic heterocycles. The van der Waals surface area contributed by atoms with E-state index in [0.717, 1.165) is 12.0 Å². The normalized spacial score (nSPS) is 20.4. The first-order chi connectivity index (χ1) is 9.83. The summed E-state index contributed by atoms with van der Waals surface area (Å²) in [5, 5.41) is 7.15. The molecule has 1 aromatic carbocycles. The van der Waals surface area contributed by atoms with Crippen LogP contribution in [-0.4, -0.2) is 12.6 Å². The Hall–Kier alpha value is -1.81. The molecular formula is C16H17NO2S. The summed E-state index contributed by atoms with van der Waals surface area (Å²) in [6, 6.07) is 11.9. The van der Waals surface area contributed by atoms with Crippen molar-refractivity contribution in [1.29, 1.82) is 0 Å². The van der Waals surface area contributed by atoms with E-state index in [9.17, 15) is 4.79 Å². The number of alkyl carbamates (subject to hydrolysis) is 1. The second-order valence-corrected chi connectivity index (χ2v) is 5.88. The van der Waals surface area contributed by atoms with Crippen LogP contribution in [0.1, 0.15) is 23.5 Å². The van der Waals surface area contributed by atoms with E-state index in [1.54, 1.807) is 11.3 Å². The highest BCUT2D eigenvalue weighted by Crippen LogP contribution is 2.47. The van der Waals surface area contributed by atoms with E-state index >= 15 is 0 Å². The standard InChI is InChI=1S/C16H17NO2S/c18-16(19-10-12-4-2-1-3-5-12)17-9-14-8-15(14)13-6-7-20-11-13/h1-7,11,14-15H,8-10H2,(H,17,18). The number of nitrogens with one attached hydrogen (secondary N) is 1. The summed E-state index contributed by atoms with van der Waals surface area (Å²) >= 11 is 1.73. The molecule has 104 valence electrons. The topological polar surface area (TPSA) is 38.3 Å². The van der Waals surface area contributed by atoms with Gasteiger partial charge in [-0.2, -0.15) is 11.3 Å². The van der Waals surface area contributed by atoms with Crippen LogP contribution in [0.2, 0.25) is 0 Å². The van der Waals surface area contributed by atoms with E-state index in [1.165, 1.54) is 5.56 Å². The molecule has 2 unspecified atom stereocenters. The zero-order valence-corrected chi connectivity index (χ0v) is 11.9. The number of hydrogen-bond acceptors (Lipinski definition) is 3. The summed E-state index contributed by atoms with van der Waals surface area (Å²) in [5.41, 5.74) is 2.41. The Morgan fingerprint density at radius 1 is 1.30 bits per heavy atom. The van der Waals surface area contributed by atoms with Crippen LogP contribution in [0.3, 0.4) is 0 Å². The van der Waals surface area contributed by atoms with Crippen LogP contribution in [-0.2, 0) is 11.3 Å². The third kappa shape index (κ3) is 3.39. The van der Waals surface area contributed by atoms with E-state index in [0.29, 0.717) is 25.0 Å². The van der Waals surface area contributed by atoms with Gasteiger partial charge < -0.3 is 10.1 Å². The van der Waals surface area contributed by atoms with Crippen molar-refractivity contribution in [2.75, 3.05) is 6.54 Å². The first-order valence-electron chi connectivity index (χ1n) is 6.79. The predicted molar refractivity (Wildman–Crippen MR) is 79.8 cm³/mol. The van der Waals surface area contributed by atoms with Gasteiger partial charge in [-0.15, -0.1) is 0 Å². The minimum absolute atomic E-state index is 0.325. The third-order valence-corrected chi connectivity index (χ3v) is 4.32. The van der Waals surface area contributed by atoms with Crippen LogP contribution >= 0.6 is 11.3 Å². The molecule has 1 heterocycles. The van der Waals surface area contributed by atoms with Gasteiger partial charge in [0.25, 0.3) is 0 Å². The average Bonchev–Trinajstić information content (AvgIpc) is 3.05. The van der Waals surface area contributed by atoms with Gasteiger partial charge >= 0.3 is 6.09 Å². The molecule has 0 radical (unpaired) electrons. The van der Waals surface area contributed by atoms with Gasteiger partial charge in [0.2, 0.25) is 0 Å². The monoisotopic (exact) mass is 287 g/mol. The summed E-state index contributed by atoms with van der Waals surface area (Å²) in [6.45, 7) is 1.03. The van der Waals surface area contributed by atoms with Crippen molar-refractivity contribution in [3.8, 4) is 0 Å². The van der Waals surface area contributed by atoms with E-state index < -0.39 is 0 Å². The number of ether oxygens (including phenoxy) is 1. The van der Waals surface area contributed by atoms with Crippen molar-refractivity contribution >= 4 is 17.4 Å². The maximum absolute atomic E-state index is 11.6. The second kappa shape index (κ2) is 6.09. The number of amides is 1. The van der Waals surface area contributed by atoms with Crippen molar-refractivity contribution in [2.45, 2.75) is 18.9 Å². The van der Waals surface area contributed by atoms with Gasteiger partial charge in [-0.25, -0.2) is 4.79 Å². The van der Waals surface area contributed by atoms with Gasteiger partial charge in [0.15, 0.2) is 0 Å². The van der Waals surface area contributed by atoms with Crippen molar-refractivity contribution in [3.63, 3.8) is 0 Å². The summed E-state index contributed by atoms with van der Waals surface area (Å²) in [7, 11) is 0. The lowest BCUT2D eigenvalue weighted by Gasteiger charge is -2.06. The molecule has 1 aliphatic rings. The quantitative estimate of drug-likeness (QED) is 0.909. The highest BCUT2D eigenvalue weighted by atomic mass is 32.1. The Balaban J connectivity index is 1.36. The highest BCUT2D eigenvalue weighted by molar-refractivity contribution is 7.08. The lowest BCUT2D eigenvalue weighted by Crippen LogP contribution is -2.26. The molecule has 0 aliphatic heterocycles. The van der Waals surface area contributed by atoms with Crippen molar-refractivity contribution in [2.24, 2.45) is 5.92 Å². The van der Waals surface area contributed by atoms with E-state index in [4.69, 9.17) is 4.74 Å². The lowest BCUT2D eigenvalue weighted by molar-refractivity contribution is 0.139. The van der Waals surface area contributed by atoms with E-state index in [2.05, 4.69) is 22.1 Å². The largest absolute Gasteiger partial charge is 0.445 e. The number of thiophene rings is 1. The smallest absolute Gasteiger partial charge is 0.407 e. The summed E-state index contributed by atoms with van der Waals surface area (Å²) in [6.07, 6.45) is 0.834. The molecule has 1 saturated carbocycles. The maximum atomic E-state index is 11.6. The van der Waals surface area contributed by atoms with Crippen molar-refractivity contribution in [3.05, 3.63) is 58.3 Å². The molecule has 2 atom stereocenters. The fourth-order valence-corrected chi connectivity index (χ4v) is 3.08. The van der Waals surface area contributed by atoms with Crippen LogP contribution in [0, 0.1) is 5.92 Å². The molecule has 1 fully saturated rings. The molecule has 20 heavy (non-hydrogen) atoms. The minimum atomic E-state index is -0.329. The SMILES string of the molecule is O=C(NCC1CC1c1ccsc1)OCc1ccccc1. The molecule has 2 aromatic rings. The Morgan fingerprint density at radius 2 is 2.15 bits per heavy atom. The number of hydrogen-bond donors (Lipinski definition) is 1. The molecule has 4 heteroatoms. The van der Waals surface area contributed by atoms with Gasteiger partial charge in [-0.05, 0) is 46.2 Å². The Kier molecular flexibility index (Phi) is 4.02. The second-order valence-electron chi connectivity index (χ2n) is 5.10. The molecule has 3 nitrogen and oxygen atoms in total. The van der Waals surface area contributed by atoms with Crippen molar-refractivity contribution < 1.29 is 9.53 Å². The summed E-state index contributed by atoms with van der Waals surface area (Å²) in [4.78, 5) is 11.6. The van der Waals surface area contributed by atoms with Crippen LogP contribution in [0.25, 0.3) is 0 Å². The number of carbonyl (C=O) groups is 1. The third-order valence-electron chi connectivity index (χ3n) is 3.62. The summed E-state index contributed by atoms with van der Waals surface area (Å²) in [5.74, 6) is 1.18. The molecule has 3 rings (SSSR count). The first-order valence-corrected chi connectivity index (χ1v) is 7.74. The van der Waals surface area contributed by atoms with Gasteiger partial charge in [0.1, 0.15) is 6.61 Å². The van der Waals surface area contributed by atoms with Crippen LogP contribution in [0.15, 0.2) is 47.2 Å². The fourth-order valence-electron chi connectivity index (χ4n) is 2.36. The molecule has 0 saturated heterocycles. The van der Waals surface area contributed by atoms with E-state index in [-0.39, 0.29) is 6.09 Å². The fraction of sp³-hybridized carbons (Fsp3) is 0.312. The summed E-state index contributed by atoms with van der Waals surface area (Å²) < 4.78 is 5.18. The van der Waals surface area contributed by atoms with E-state index in [1.807, 2.05) is 30.3 Å². The number of benzene rings is 1. The Bertz CT molecular complexity index is 553. The Labute approximate surface area is 122 Å². The maximum Gasteiger partial charge on any atom is 0.407 e. The van der Waals surface area contributed by atoms with Gasteiger partial charge in [-0.1, -0.05) is 30.3 Å². The molecule has 1 N–H and O–H groups in total. The predicted octanol–water partition coefficient (Wildman–Crippen LogP) is 3.78. The average molecular weight is 287 g/mol. The number of carbonyl (C=O) groups excluding carboxylic acids is 1. The zero-order chi connectivity index (χ0) is 13.8. The molecule has 0 bridgehead atoms. The number of rotatable bonds is 5. The molecule has 1 aliphatic carbocycles. The molecule has 1 amide bonds. The Morgan fingerprint density at radius 3 is 2.90 bits per heavy atom. The highest BCUT2D eigenvalue weighted by Gasteiger charge is 2.38. The zero-order valence-electron chi connectivity index (χ0n) is 11.1. The molecular weight excluding hydrogens is 270 g/mol. The van der Waals surface area contributed by atoms with Gasteiger partial charge in [-0.3, -0.25) is 0 Å². The minimum Gasteiger partial charge on any atom is -0.445 e.